The third kappa shape index (κ3) is 5.37. The normalized spacial score (nSPS) is 26.6. The van der Waals surface area contributed by atoms with E-state index in [0.29, 0.717) is 0 Å². The Hall–Kier alpha value is -2.37. The molecule has 0 spiro atoms. The molecule has 2 aromatic rings. The summed E-state index contributed by atoms with van der Waals surface area (Å²) in [5.41, 5.74) is 0. The standard InChI is InChI=1S/C19H18F2O7S/c20-10-1-5-12(6-2-10)25-18-16(24)17(15(23)14(9-22)27-18)28-19(29)26-13-7-3-11(21)4-8-13/h1-8,14-18,22-24H,9H2/t14-,15+,16-,17+,18+/m1/s1. The highest BCUT2D eigenvalue weighted by molar-refractivity contribution is 7.79. The molecule has 1 heterocycles. The lowest BCUT2D eigenvalue weighted by atomic mass is 9.99. The van der Waals surface area contributed by atoms with Crippen molar-refractivity contribution in [3.63, 3.8) is 0 Å². The Bertz CT molecular complexity index is 818. The van der Waals surface area contributed by atoms with Gasteiger partial charge in [-0.3, -0.25) is 0 Å². The van der Waals surface area contributed by atoms with Gasteiger partial charge in [-0.05, 0) is 48.5 Å². The first kappa shape index (κ1) is 21.3. The summed E-state index contributed by atoms with van der Waals surface area (Å²) >= 11 is 4.97. The molecule has 7 nitrogen and oxygen atoms in total. The fraction of sp³-hybridized carbons (Fsp3) is 0.316. The van der Waals surface area contributed by atoms with Gasteiger partial charge in [-0.25, -0.2) is 8.78 Å². The lowest BCUT2D eigenvalue weighted by Gasteiger charge is -2.41. The van der Waals surface area contributed by atoms with Gasteiger partial charge in [-0.1, -0.05) is 0 Å². The second-order valence-corrected chi connectivity index (χ2v) is 6.50. The summed E-state index contributed by atoms with van der Waals surface area (Å²) in [6, 6.07) is 9.91. The van der Waals surface area contributed by atoms with E-state index in [1.54, 1.807) is 0 Å². The van der Waals surface area contributed by atoms with Crippen LogP contribution in [0.2, 0.25) is 0 Å². The number of hydrogen-bond donors (Lipinski definition) is 3. The predicted molar refractivity (Wildman–Crippen MR) is 99.3 cm³/mol. The van der Waals surface area contributed by atoms with Crippen molar-refractivity contribution in [2.24, 2.45) is 0 Å². The van der Waals surface area contributed by atoms with Gasteiger partial charge in [-0.15, -0.1) is 0 Å². The zero-order valence-corrected chi connectivity index (χ0v) is 15.7. The number of thiocarbonyl (C=S) groups is 1. The van der Waals surface area contributed by atoms with E-state index in [-0.39, 0.29) is 11.5 Å². The number of aliphatic hydroxyl groups excluding tert-OH is 3. The van der Waals surface area contributed by atoms with Crippen LogP contribution in [0, 0.1) is 11.6 Å². The first-order valence-electron chi connectivity index (χ1n) is 8.56. The van der Waals surface area contributed by atoms with E-state index >= 15 is 0 Å². The monoisotopic (exact) mass is 428 g/mol. The van der Waals surface area contributed by atoms with Crippen molar-refractivity contribution in [2.45, 2.75) is 30.7 Å². The molecule has 0 bridgehead atoms. The molecule has 0 aromatic heterocycles. The molecule has 3 N–H and O–H groups in total. The van der Waals surface area contributed by atoms with E-state index < -0.39 is 54.2 Å². The quantitative estimate of drug-likeness (QED) is 0.617. The van der Waals surface area contributed by atoms with Gasteiger partial charge in [0, 0.05) is 12.2 Å². The fourth-order valence-electron chi connectivity index (χ4n) is 2.67. The summed E-state index contributed by atoms with van der Waals surface area (Å²) < 4.78 is 47.5. The van der Waals surface area contributed by atoms with E-state index in [1.807, 2.05) is 0 Å². The lowest BCUT2D eigenvalue weighted by molar-refractivity contribution is -0.275. The third-order valence-corrected chi connectivity index (χ3v) is 4.31. The molecule has 0 unspecified atom stereocenters. The summed E-state index contributed by atoms with van der Waals surface area (Å²) in [5.74, 6) is -0.570. The van der Waals surface area contributed by atoms with Crippen LogP contribution in [0.25, 0.3) is 0 Å². The second-order valence-electron chi connectivity index (χ2n) is 6.17. The molecule has 0 aliphatic carbocycles. The molecule has 156 valence electrons. The zero-order valence-electron chi connectivity index (χ0n) is 14.9. The van der Waals surface area contributed by atoms with Crippen molar-refractivity contribution >= 4 is 17.5 Å². The summed E-state index contributed by atoms with van der Waals surface area (Å²) in [7, 11) is 0. The first-order chi connectivity index (χ1) is 13.9. The average molecular weight is 428 g/mol. The van der Waals surface area contributed by atoms with Gasteiger partial charge in [0.15, 0.2) is 12.2 Å². The highest BCUT2D eigenvalue weighted by Crippen LogP contribution is 2.27. The smallest absolute Gasteiger partial charge is 0.358 e. The molecule has 1 saturated heterocycles. The second kappa shape index (κ2) is 9.42. The van der Waals surface area contributed by atoms with E-state index in [0.717, 1.165) is 24.3 Å². The van der Waals surface area contributed by atoms with Crippen LogP contribution in [-0.2, 0) is 9.47 Å². The molecule has 3 rings (SSSR count). The molecule has 2 aromatic carbocycles. The van der Waals surface area contributed by atoms with Crippen LogP contribution in [0.15, 0.2) is 48.5 Å². The van der Waals surface area contributed by atoms with Gasteiger partial charge in [0.25, 0.3) is 0 Å². The molecule has 1 aliphatic rings. The Morgan fingerprint density at radius 1 is 0.931 bits per heavy atom. The van der Waals surface area contributed by atoms with Crippen molar-refractivity contribution in [3.05, 3.63) is 60.2 Å². The van der Waals surface area contributed by atoms with Gasteiger partial charge in [-0.2, -0.15) is 0 Å². The van der Waals surface area contributed by atoms with Gasteiger partial charge >= 0.3 is 5.24 Å². The molecule has 0 amide bonds. The van der Waals surface area contributed by atoms with Gasteiger partial charge < -0.3 is 34.3 Å². The predicted octanol–water partition coefficient (Wildman–Crippen LogP) is 1.53. The molecule has 0 saturated carbocycles. The number of hydrogen-bond acceptors (Lipinski definition) is 8. The minimum Gasteiger partial charge on any atom is -0.462 e. The fourth-order valence-corrected chi connectivity index (χ4v) is 2.88. The van der Waals surface area contributed by atoms with Crippen LogP contribution >= 0.6 is 12.2 Å². The minimum absolute atomic E-state index is 0.185. The maximum absolute atomic E-state index is 13.0. The SMILES string of the molecule is OC[C@H]1O[C@H](Oc2ccc(F)cc2)[C@H](O)[C@@H](OC(=S)Oc2ccc(F)cc2)[C@H]1O. The van der Waals surface area contributed by atoms with Crippen molar-refractivity contribution in [1.82, 2.24) is 0 Å². The number of rotatable bonds is 5. The molecule has 29 heavy (non-hydrogen) atoms. The van der Waals surface area contributed by atoms with Crippen LogP contribution in [0.3, 0.4) is 0 Å². The van der Waals surface area contributed by atoms with E-state index in [1.165, 1.54) is 24.3 Å². The topological polar surface area (TPSA) is 97.6 Å². The minimum atomic E-state index is -1.53. The Kier molecular flexibility index (Phi) is 6.93. The molecule has 1 aliphatic heterocycles. The van der Waals surface area contributed by atoms with Crippen molar-refractivity contribution in [3.8, 4) is 11.5 Å². The summed E-state index contributed by atoms with van der Waals surface area (Å²) in [4.78, 5) is 0. The number of ether oxygens (including phenoxy) is 4. The van der Waals surface area contributed by atoms with Crippen LogP contribution in [0.1, 0.15) is 0 Å². The Labute approximate surface area is 170 Å². The van der Waals surface area contributed by atoms with Crippen molar-refractivity contribution in [2.75, 3.05) is 6.61 Å². The van der Waals surface area contributed by atoms with E-state index in [9.17, 15) is 24.1 Å². The van der Waals surface area contributed by atoms with Gasteiger partial charge in [0.05, 0.1) is 6.61 Å². The lowest BCUT2D eigenvalue weighted by Crippen LogP contribution is -2.61. The highest BCUT2D eigenvalue weighted by Gasteiger charge is 2.47. The molecular formula is C19H18F2O7S. The molecule has 10 heteroatoms. The maximum atomic E-state index is 13.0. The van der Waals surface area contributed by atoms with E-state index in [4.69, 9.17) is 31.2 Å². The largest absolute Gasteiger partial charge is 0.462 e. The number of halogens is 2. The summed E-state index contributed by atoms with van der Waals surface area (Å²) in [6.07, 6.45) is -6.85. The molecular weight excluding hydrogens is 410 g/mol. The Balaban J connectivity index is 1.70. The molecule has 5 atom stereocenters. The zero-order chi connectivity index (χ0) is 21.0. The van der Waals surface area contributed by atoms with Crippen LogP contribution in [0.4, 0.5) is 8.78 Å². The maximum Gasteiger partial charge on any atom is 0.358 e. The van der Waals surface area contributed by atoms with Crippen LogP contribution < -0.4 is 9.47 Å². The summed E-state index contributed by atoms with van der Waals surface area (Å²) in [5, 5.41) is 29.9. The highest BCUT2D eigenvalue weighted by atomic mass is 32.1. The number of benzene rings is 2. The Morgan fingerprint density at radius 2 is 1.48 bits per heavy atom. The average Bonchev–Trinajstić information content (AvgIpc) is 2.70. The first-order valence-corrected chi connectivity index (χ1v) is 8.97. The Morgan fingerprint density at radius 3 is 2.03 bits per heavy atom. The van der Waals surface area contributed by atoms with Crippen LogP contribution in [0.5, 0.6) is 11.5 Å². The van der Waals surface area contributed by atoms with E-state index in [2.05, 4.69) is 0 Å². The van der Waals surface area contributed by atoms with Gasteiger partial charge in [0.2, 0.25) is 6.29 Å². The third-order valence-electron chi connectivity index (χ3n) is 4.13. The molecule has 0 radical (unpaired) electrons. The van der Waals surface area contributed by atoms with Crippen molar-refractivity contribution < 1.29 is 43.0 Å². The van der Waals surface area contributed by atoms with Gasteiger partial charge in [0.1, 0.15) is 35.3 Å². The summed E-state index contributed by atoms with van der Waals surface area (Å²) in [6.45, 7) is -0.595. The van der Waals surface area contributed by atoms with Crippen molar-refractivity contribution in [1.29, 1.82) is 0 Å². The molecule has 1 fully saturated rings. The number of aliphatic hydroxyl groups is 3. The van der Waals surface area contributed by atoms with Crippen LogP contribution in [-0.4, -0.2) is 57.9 Å².